The zero-order valence-electron chi connectivity index (χ0n) is 15.7. The fourth-order valence-electron chi connectivity index (χ4n) is 3.70. The Balaban J connectivity index is 1.69. The molecular formula is C21H28N2O3. The minimum absolute atomic E-state index is 0.129. The van der Waals surface area contributed by atoms with Crippen LogP contribution in [0.4, 0.5) is 5.69 Å². The molecule has 5 heteroatoms. The molecule has 5 nitrogen and oxygen atoms in total. The van der Waals surface area contributed by atoms with Gasteiger partial charge in [0.25, 0.3) is 0 Å². The molecule has 2 heterocycles. The predicted molar refractivity (Wildman–Crippen MR) is 103 cm³/mol. The lowest BCUT2D eigenvalue weighted by molar-refractivity contribution is -0.150. The molecule has 0 spiro atoms. The molecule has 140 valence electrons. The maximum atomic E-state index is 12.9. The van der Waals surface area contributed by atoms with E-state index < -0.39 is 5.41 Å². The van der Waals surface area contributed by atoms with Crippen LogP contribution in [0, 0.1) is 5.41 Å². The molecule has 1 aromatic carbocycles. The quantitative estimate of drug-likeness (QED) is 0.427. The van der Waals surface area contributed by atoms with Crippen molar-refractivity contribution in [2.24, 2.45) is 5.41 Å². The van der Waals surface area contributed by atoms with Crippen LogP contribution < -0.4 is 4.90 Å². The van der Waals surface area contributed by atoms with Gasteiger partial charge < -0.3 is 14.5 Å². The summed E-state index contributed by atoms with van der Waals surface area (Å²) in [5, 5.41) is 0. The number of esters is 1. The lowest BCUT2D eigenvalue weighted by Crippen LogP contribution is -2.38. The maximum Gasteiger partial charge on any atom is 0.320 e. The van der Waals surface area contributed by atoms with Crippen LogP contribution in [0.2, 0.25) is 0 Å². The van der Waals surface area contributed by atoms with Crippen LogP contribution in [-0.4, -0.2) is 57.0 Å². The molecule has 0 aliphatic carbocycles. The molecule has 26 heavy (non-hydrogen) atoms. The van der Waals surface area contributed by atoms with Gasteiger partial charge in [0.2, 0.25) is 0 Å². The highest BCUT2D eigenvalue weighted by molar-refractivity contribution is 6.11. The normalized spacial score (nSPS) is 23.5. The Morgan fingerprint density at radius 3 is 2.50 bits per heavy atom. The van der Waals surface area contributed by atoms with Gasteiger partial charge in [-0.1, -0.05) is 18.2 Å². The molecular weight excluding hydrogens is 328 g/mol. The zero-order chi connectivity index (χ0) is 18.6. The Morgan fingerprint density at radius 1 is 1.23 bits per heavy atom. The smallest absolute Gasteiger partial charge is 0.320 e. The largest absolute Gasteiger partial charge is 0.465 e. The summed E-state index contributed by atoms with van der Waals surface area (Å²) in [4.78, 5) is 29.7. The average molecular weight is 356 g/mol. The van der Waals surface area contributed by atoms with Gasteiger partial charge in [-0.15, -0.1) is 0 Å². The van der Waals surface area contributed by atoms with Crippen LogP contribution in [-0.2, 0) is 14.3 Å². The van der Waals surface area contributed by atoms with E-state index in [4.69, 9.17) is 4.74 Å². The van der Waals surface area contributed by atoms with Crippen molar-refractivity contribution in [1.82, 2.24) is 4.90 Å². The number of ketones is 1. The summed E-state index contributed by atoms with van der Waals surface area (Å²) >= 11 is 0. The van der Waals surface area contributed by atoms with Crippen molar-refractivity contribution in [1.29, 1.82) is 0 Å². The number of benzene rings is 1. The molecule has 0 saturated carbocycles. The highest BCUT2D eigenvalue weighted by atomic mass is 16.5. The molecule has 0 radical (unpaired) electrons. The highest BCUT2D eigenvalue weighted by Gasteiger charge is 2.49. The first-order chi connectivity index (χ1) is 12.5. The Morgan fingerprint density at radius 2 is 1.92 bits per heavy atom. The maximum absolute atomic E-state index is 12.9. The number of cyclic esters (lactones) is 1. The van der Waals surface area contributed by atoms with Gasteiger partial charge in [0.1, 0.15) is 5.41 Å². The molecule has 0 N–H and O–H groups in total. The van der Waals surface area contributed by atoms with Gasteiger partial charge >= 0.3 is 5.97 Å². The molecule has 2 aliphatic rings. The third kappa shape index (κ3) is 3.98. The van der Waals surface area contributed by atoms with E-state index >= 15 is 0 Å². The molecule has 0 amide bonds. The highest BCUT2D eigenvalue weighted by Crippen LogP contribution is 2.36. The summed E-state index contributed by atoms with van der Waals surface area (Å²) in [5.74, 6) is -0.481. The van der Waals surface area contributed by atoms with Crippen LogP contribution in [0.5, 0.6) is 0 Å². The van der Waals surface area contributed by atoms with E-state index in [9.17, 15) is 9.59 Å². The van der Waals surface area contributed by atoms with Gasteiger partial charge in [0.05, 0.1) is 6.61 Å². The summed E-state index contributed by atoms with van der Waals surface area (Å²) in [5.41, 5.74) is 1.06. The molecule has 2 saturated heterocycles. The van der Waals surface area contributed by atoms with E-state index in [0.717, 1.165) is 30.9 Å². The van der Waals surface area contributed by atoms with Gasteiger partial charge in [-0.2, -0.15) is 0 Å². The van der Waals surface area contributed by atoms with Crippen LogP contribution in [0.15, 0.2) is 30.3 Å². The third-order valence-corrected chi connectivity index (χ3v) is 5.51. The van der Waals surface area contributed by atoms with Gasteiger partial charge in [-0.05, 0) is 62.7 Å². The van der Waals surface area contributed by atoms with Crippen LogP contribution in [0.3, 0.4) is 0 Å². The lowest BCUT2D eigenvalue weighted by atomic mass is 9.78. The van der Waals surface area contributed by atoms with Crippen LogP contribution in [0.1, 0.15) is 31.2 Å². The second-order valence-corrected chi connectivity index (χ2v) is 7.45. The summed E-state index contributed by atoms with van der Waals surface area (Å²) in [6, 6.07) is 7.97. The number of hydrogen-bond donors (Lipinski definition) is 0. The number of ether oxygens (including phenoxy) is 1. The van der Waals surface area contributed by atoms with Gasteiger partial charge in [-0.3, -0.25) is 9.59 Å². The van der Waals surface area contributed by atoms with Crippen molar-refractivity contribution in [3.8, 4) is 0 Å². The van der Waals surface area contributed by atoms with E-state index in [2.05, 4.69) is 4.90 Å². The number of anilines is 1. The Labute approximate surface area is 155 Å². The van der Waals surface area contributed by atoms with E-state index in [0.29, 0.717) is 19.4 Å². The lowest BCUT2D eigenvalue weighted by Gasteiger charge is -2.24. The summed E-state index contributed by atoms with van der Waals surface area (Å²) in [7, 11) is 3.98. The Hall–Kier alpha value is -2.14. The van der Waals surface area contributed by atoms with Crippen molar-refractivity contribution in [2.75, 3.05) is 45.2 Å². The topological polar surface area (TPSA) is 49.9 Å². The third-order valence-electron chi connectivity index (χ3n) is 5.51. The fourth-order valence-corrected chi connectivity index (χ4v) is 3.70. The second-order valence-electron chi connectivity index (χ2n) is 7.45. The number of carbonyl (C=O) groups is 2. The molecule has 1 unspecified atom stereocenters. The van der Waals surface area contributed by atoms with E-state index in [-0.39, 0.29) is 11.8 Å². The molecule has 3 rings (SSSR count). The van der Waals surface area contributed by atoms with Gasteiger partial charge in [0.15, 0.2) is 5.78 Å². The summed E-state index contributed by atoms with van der Waals surface area (Å²) in [6.07, 6.45) is 6.80. The first kappa shape index (κ1) is 18.6. The van der Waals surface area contributed by atoms with Crippen molar-refractivity contribution >= 4 is 23.5 Å². The van der Waals surface area contributed by atoms with E-state index in [1.165, 1.54) is 12.8 Å². The number of hydrogen-bond acceptors (Lipinski definition) is 5. The molecule has 1 atom stereocenters. The van der Waals surface area contributed by atoms with Crippen molar-refractivity contribution in [3.05, 3.63) is 35.9 Å². The Kier molecular flexibility index (Phi) is 5.77. The standard InChI is InChI=1S/C21H28N2O3/c1-22(2)18-8-5-17(6-9-18)7-10-19(24)21(12-16-26-20(21)25)11-15-23-13-3-4-14-23/h5-10H,3-4,11-16H2,1-2H3/b10-7+. The van der Waals surface area contributed by atoms with Crippen LogP contribution >= 0.6 is 0 Å². The number of likely N-dealkylation sites (tertiary alicyclic amines) is 1. The van der Waals surface area contributed by atoms with E-state index in [1.54, 1.807) is 12.2 Å². The van der Waals surface area contributed by atoms with Crippen LogP contribution in [0.25, 0.3) is 6.08 Å². The first-order valence-corrected chi connectivity index (χ1v) is 9.41. The number of allylic oxidation sites excluding steroid dienone is 1. The number of carbonyl (C=O) groups excluding carboxylic acids is 2. The molecule has 1 aromatic rings. The SMILES string of the molecule is CN(C)c1ccc(/C=C/C(=O)C2(CCN3CCCC3)CCOC2=O)cc1. The second kappa shape index (κ2) is 8.04. The number of rotatable bonds is 7. The van der Waals surface area contributed by atoms with E-state index in [1.807, 2.05) is 43.3 Å². The van der Waals surface area contributed by atoms with Crippen molar-refractivity contribution in [3.63, 3.8) is 0 Å². The zero-order valence-corrected chi connectivity index (χ0v) is 15.7. The molecule has 2 aliphatic heterocycles. The fraction of sp³-hybridized carbons (Fsp3) is 0.524. The first-order valence-electron chi connectivity index (χ1n) is 9.41. The molecule has 0 aromatic heterocycles. The summed E-state index contributed by atoms with van der Waals surface area (Å²) in [6.45, 7) is 3.25. The summed E-state index contributed by atoms with van der Waals surface area (Å²) < 4.78 is 5.18. The minimum Gasteiger partial charge on any atom is -0.465 e. The molecule has 2 fully saturated rings. The Bertz CT molecular complexity index is 675. The predicted octanol–water partition coefficient (Wildman–Crippen LogP) is 2.75. The average Bonchev–Trinajstić information content (AvgIpc) is 3.28. The van der Waals surface area contributed by atoms with Gasteiger partial charge in [0, 0.05) is 26.2 Å². The number of nitrogens with zero attached hydrogens (tertiary/aromatic N) is 2. The van der Waals surface area contributed by atoms with Crippen molar-refractivity contribution in [2.45, 2.75) is 25.7 Å². The monoisotopic (exact) mass is 356 g/mol. The molecule has 0 bridgehead atoms. The van der Waals surface area contributed by atoms with Crippen molar-refractivity contribution < 1.29 is 14.3 Å². The van der Waals surface area contributed by atoms with Gasteiger partial charge in [-0.25, -0.2) is 0 Å². The minimum atomic E-state index is -0.997.